The summed E-state index contributed by atoms with van der Waals surface area (Å²) in [4.78, 5) is 38.5. The first-order valence-corrected chi connectivity index (χ1v) is 37.0. The van der Waals surface area contributed by atoms with Crippen molar-refractivity contribution >= 4 is 17.9 Å². The summed E-state index contributed by atoms with van der Waals surface area (Å²) < 4.78 is 17.0. The van der Waals surface area contributed by atoms with E-state index in [2.05, 4.69) is 57.2 Å². The lowest BCUT2D eigenvalue weighted by Gasteiger charge is -2.18. The average Bonchev–Trinajstić information content (AvgIpc) is 3.47. The number of carbonyl (C=O) groups is 3. The molecule has 0 amide bonds. The van der Waals surface area contributed by atoms with Crippen molar-refractivity contribution in [1.82, 2.24) is 0 Å². The van der Waals surface area contributed by atoms with E-state index in [0.29, 0.717) is 19.3 Å². The highest BCUT2D eigenvalue weighted by Crippen LogP contribution is 2.19. The summed E-state index contributed by atoms with van der Waals surface area (Å²) in [5.41, 5.74) is 0. The fourth-order valence-electron chi connectivity index (χ4n) is 11.3. The summed E-state index contributed by atoms with van der Waals surface area (Å²) in [6.07, 6.45) is 89.0. The first-order chi connectivity index (χ1) is 40.5. The molecule has 0 saturated heterocycles. The summed E-state index contributed by atoms with van der Waals surface area (Å²) in [6, 6.07) is 0. The lowest BCUT2D eigenvalue weighted by molar-refractivity contribution is -0.167. The van der Waals surface area contributed by atoms with Gasteiger partial charge in [-0.1, -0.05) is 353 Å². The molecule has 0 heterocycles. The molecule has 1 unspecified atom stereocenters. The third-order valence-electron chi connectivity index (χ3n) is 16.9. The van der Waals surface area contributed by atoms with Gasteiger partial charge in [0.15, 0.2) is 6.10 Å². The van der Waals surface area contributed by atoms with E-state index < -0.39 is 6.10 Å². The van der Waals surface area contributed by atoms with Gasteiger partial charge in [-0.25, -0.2) is 0 Å². The molecule has 0 saturated carbocycles. The molecule has 0 aliphatic carbocycles. The van der Waals surface area contributed by atoms with Crippen LogP contribution in [0, 0.1) is 0 Å². The van der Waals surface area contributed by atoms with Gasteiger partial charge in [0.1, 0.15) is 13.2 Å². The van der Waals surface area contributed by atoms with Crippen molar-refractivity contribution in [3.63, 3.8) is 0 Å². The van der Waals surface area contributed by atoms with E-state index in [9.17, 15) is 14.4 Å². The summed E-state index contributed by atoms with van der Waals surface area (Å²) in [5.74, 6) is -0.844. The topological polar surface area (TPSA) is 78.9 Å². The Labute approximate surface area is 512 Å². The third-order valence-corrected chi connectivity index (χ3v) is 16.9. The second kappa shape index (κ2) is 71.1. The summed E-state index contributed by atoms with van der Waals surface area (Å²) >= 11 is 0. The van der Waals surface area contributed by atoms with Crippen molar-refractivity contribution in [3.05, 3.63) is 36.5 Å². The number of carbonyl (C=O) groups excluding carboxylic acids is 3. The SMILES string of the molecule is CCCCCCC/C=C\C/C=C\CCCCCCCCCCCCCCCCCCCC(=O)OCC(COC(=O)CCCCCCC/C=C\CCCCCCCCC)OC(=O)CCCCCCCCCCCCCCCCCCCCC. The van der Waals surface area contributed by atoms with E-state index in [1.165, 1.54) is 302 Å². The molecule has 0 N–H and O–H groups in total. The maximum absolute atomic E-state index is 13.0. The molecule has 6 nitrogen and oxygen atoms in total. The maximum atomic E-state index is 13.0. The molecule has 0 bridgehead atoms. The van der Waals surface area contributed by atoms with Crippen LogP contribution < -0.4 is 0 Å². The van der Waals surface area contributed by atoms with Crippen LogP contribution in [0.3, 0.4) is 0 Å². The van der Waals surface area contributed by atoms with E-state index >= 15 is 0 Å². The second-order valence-electron chi connectivity index (χ2n) is 25.2. The van der Waals surface area contributed by atoms with Crippen molar-refractivity contribution in [2.45, 2.75) is 419 Å². The van der Waals surface area contributed by atoms with Gasteiger partial charge < -0.3 is 14.2 Å². The fraction of sp³-hybridized carbons (Fsp3) is 0.882. The van der Waals surface area contributed by atoms with Crippen LogP contribution in [0.1, 0.15) is 412 Å². The summed E-state index contributed by atoms with van der Waals surface area (Å²) in [7, 11) is 0. The number of allylic oxidation sites excluding steroid dienone is 6. The molecule has 0 aliphatic heterocycles. The molecule has 0 aromatic heterocycles. The molecule has 1 atom stereocenters. The standard InChI is InChI=1S/C76H142O6/c1-4-7-10-13-16-19-22-25-28-31-33-34-35-36-37-38-39-40-41-42-44-45-48-51-54-57-60-63-66-69-75(78)81-72-73(71-80-74(77)68-65-62-59-56-53-50-47-30-27-24-21-18-15-12-9-6-3)82-76(79)70-67-64-61-58-55-52-49-46-43-32-29-26-23-20-17-14-11-8-5-2/h22,25,30-31,33,47,73H,4-21,23-24,26-29,32,34-46,48-72H2,1-3H3/b25-22-,33-31-,47-30-. The second-order valence-corrected chi connectivity index (χ2v) is 25.2. The zero-order valence-electron chi connectivity index (χ0n) is 55.5. The predicted molar refractivity (Wildman–Crippen MR) is 358 cm³/mol. The molecule has 0 aromatic carbocycles. The molecule has 82 heavy (non-hydrogen) atoms. The molecular weight excluding hydrogens is 1010 g/mol. The first-order valence-electron chi connectivity index (χ1n) is 37.0. The van der Waals surface area contributed by atoms with Crippen molar-refractivity contribution in [3.8, 4) is 0 Å². The molecule has 0 radical (unpaired) electrons. The monoisotopic (exact) mass is 1150 g/mol. The van der Waals surface area contributed by atoms with Crippen LogP contribution in [0.15, 0.2) is 36.5 Å². The molecule has 0 aromatic rings. The molecule has 0 aliphatic rings. The van der Waals surface area contributed by atoms with Crippen LogP contribution in [0.2, 0.25) is 0 Å². The summed E-state index contributed by atoms with van der Waals surface area (Å²) in [6.45, 7) is 6.70. The zero-order chi connectivity index (χ0) is 59.2. The van der Waals surface area contributed by atoms with Gasteiger partial charge in [-0.15, -0.1) is 0 Å². The van der Waals surface area contributed by atoms with Gasteiger partial charge >= 0.3 is 17.9 Å². The maximum Gasteiger partial charge on any atom is 0.306 e. The van der Waals surface area contributed by atoms with Crippen LogP contribution in [0.5, 0.6) is 0 Å². The molecule has 0 rings (SSSR count). The van der Waals surface area contributed by atoms with Gasteiger partial charge in [-0.3, -0.25) is 14.4 Å². The molecule has 6 heteroatoms. The van der Waals surface area contributed by atoms with E-state index in [0.717, 1.165) is 70.6 Å². The molecule has 0 spiro atoms. The molecule has 0 fully saturated rings. The normalized spacial score (nSPS) is 12.2. The number of unbranched alkanes of at least 4 members (excludes halogenated alkanes) is 52. The minimum absolute atomic E-state index is 0.0686. The Hall–Kier alpha value is -2.37. The van der Waals surface area contributed by atoms with Gasteiger partial charge in [-0.2, -0.15) is 0 Å². The third kappa shape index (κ3) is 68.4. The number of ether oxygens (including phenoxy) is 3. The van der Waals surface area contributed by atoms with Crippen molar-refractivity contribution in [1.29, 1.82) is 0 Å². The van der Waals surface area contributed by atoms with Gasteiger partial charge in [-0.05, 0) is 77.0 Å². The quantitative estimate of drug-likeness (QED) is 0.0261. The van der Waals surface area contributed by atoms with E-state index in [-0.39, 0.29) is 31.1 Å². The first kappa shape index (κ1) is 79.6. The van der Waals surface area contributed by atoms with Crippen LogP contribution in [-0.2, 0) is 28.6 Å². The number of hydrogen-bond donors (Lipinski definition) is 0. The van der Waals surface area contributed by atoms with Crippen molar-refractivity contribution in [2.75, 3.05) is 13.2 Å². The van der Waals surface area contributed by atoms with E-state index in [1.807, 2.05) is 0 Å². The van der Waals surface area contributed by atoms with E-state index in [4.69, 9.17) is 14.2 Å². The summed E-state index contributed by atoms with van der Waals surface area (Å²) in [5, 5.41) is 0. The number of rotatable bonds is 69. The number of hydrogen-bond acceptors (Lipinski definition) is 6. The lowest BCUT2D eigenvalue weighted by atomic mass is 10.0. The Balaban J connectivity index is 4.22. The Morgan fingerprint density at radius 2 is 0.439 bits per heavy atom. The minimum Gasteiger partial charge on any atom is -0.462 e. The van der Waals surface area contributed by atoms with Gasteiger partial charge in [0.2, 0.25) is 0 Å². The van der Waals surface area contributed by atoms with Gasteiger partial charge in [0, 0.05) is 19.3 Å². The Bertz CT molecular complexity index is 1370. The largest absolute Gasteiger partial charge is 0.462 e. The fourth-order valence-corrected chi connectivity index (χ4v) is 11.3. The Morgan fingerprint density at radius 1 is 0.244 bits per heavy atom. The highest BCUT2D eigenvalue weighted by molar-refractivity contribution is 5.71. The van der Waals surface area contributed by atoms with E-state index in [1.54, 1.807) is 0 Å². The van der Waals surface area contributed by atoms with Crippen LogP contribution >= 0.6 is 0 Å². The lowest BCUT2D eigenvalue weighted by Crippen LogP contribution is -2.30. The van der Waals surface area contributed by atoms with Crippen LogP contribution in [0.4, 0.5) is 0 Å². The predicted octanol–water partition coefficient (Wildman–Crippen LogP) is 25.5. The number of esters is 3. The highest BCUT2D eigenvalue weighted by atomic mass is 16.6. The smallest absolute Gasteiger partial charge is 0.306 e. The van der Waals surface area contributed by atoms with Crippen LogP contribution in [-0.4, -0.2) is 37.2 Å². The Kier molecular flexibility index (Phi) is 69.1. The van der Waals surface area contributed by atoms with Gasteiger partial charge in [0.05, 0.1) is 0 Å². The van der Waals surface area contributed by atoms with Gasteiger partial charge in [0.25, 0.3) is 0 Å². The minimum atomic E-state index is -0.773. The highest BCUT2D eigenvalue weighted by Gasteiger charge is 2.19. The zero-order valence-corrected chi connectivity index (χ0v) is 55.5. The Morgan fingerprint density at radius 3 is 0.683 bits per heavy atom. The van der Waals surface area contributed by atoms with Crippen LogP contribution in [0.25, 0.3) is 0 Å². The molecule has 482 valence electrons. The van der Waals surface area contributed by atoms with Crippen molar-refractivity contribution in [2.24, 2.45) is 0 Å². The van der Waals surface area contributed by atoms with Crippen molar-refractivity contribution < 1.29 is 28.6 Å². The average molecular weight is 1150 g/mol. The molecular formula is C76H142O6.